The highest BCUT2D eigenvalue weighted by atomic mass is 14.9. The fourth-order valence-electron chi connectivity index (χ4n) is 6.07. The molecular formula is C35H66N+. The first-order valence-corrected chi connectivity index (χ1v) is 16.7. The van der Waals surface area contributed by atoms with Crippen molar-refractivity contribution in [1.82, 2.24) is 0 Å². The molecule has 1 aromatic heterocycles. The van der Waals surface area contributed by atoms with Gasteiger partial charge in [-0.2, -0.15) is 0 Å². The maximum absolute atomic E-state index is 2.44. The van der Waals surface area contributed by atoms with E-state index in [1.165, 1.54) is 167 Å². The van der Waals surface area contributed by atoms with Gasteiger partial charge in [-0.1, -0.05) is 162 Å². The van der Waals surface area contributed by atoms with Crippen LogP contribution in [0.2, 0.25) is 0 Å². The molecule has 1 nitrogen and oxygen atoms in total. The largest absolute Gasteiger partial charge is 0.205 e. The van der Waals surface area contributed by atoms with Gasteiger partial charge in [0.1, 0.15) is 6.54 Å². The molecule has 0 fully saturated rings. The number of pyridine rings is 1. The van der Waals surface area contributed by atoms with E-state index in [1.54, 1.807) is 0 Å². The van der Waals surface area contributed by atoms with Gasteiger partial charge in [-0.3, -0.25) is 0 Å². The Hall–Kier alpha value is -0.850. The molecule has 0 atom stereocenters. The molecule has 0 aliphatic carbocycles. The van der Waals surface area contributed by atoms with Crippen molar-refractivity contribution < 1.29 is 4.57 Å². The Morgan fingerprint density at radius 2 is 0.722 bits per heavy atom. The Morgan fingerprint density at radius 3 is 1.08 bits per heavy atom. The van der Waals surface area contributed by atoms with E-state index in [0.29, 0.717) is 5.41 Å². The minimum atomic E-state index is 0.569. The van der Waals surface area contributed by atoms with Crippen molar-refractivity contribution in [3.05, 3.63) is 30.6 Å². The van der Waals surface area contributed by atoms with Crippen molar-refractivity contribution >= 4 is 0 Å². The van der Waals surface area contributed by atoms with E-state index in [1.807, 2.05) is 0 Å². The fraction of sp³-hybridized carbons (Fsp3) is 0.857. The van der Waals surface area contributed by atoms with Crippen LogP contribution in [-0.2, 0) is 6.54 Å². The summed E-state index contributed by atoms with van der Waals surface area (Å²) in [4.78, 5) is 0. The van der Waals surface area contributed by atoms with Gasteiger partial charge in [-0.15, -0.1) is 0 Å². The molecule has 1 aromatic rings. The smallest absolute Gasteiger partial charge is 0.168 e. The van der Waals surface area contributed by atoms with Crippen LogP contribution in [0.5, 0.6) is 0 Å². The molecule has 0 bridgehead atoms. The second-order valence-corrected chi connectivity index (χ2v) is 12.0. The first-order chi connectivity index (χ1) is 17.8. The van der Waals surface area contributed by atoms with Crippen LogP contribution >= 0.6 is 0 Å². The molecule has 0 aliphatic rings. The van der Waals surface area contributed by atoms with Crippen LogP contribution in [0.3, 0.4) is 0 Å². The van der Waals surface area contributed by atoms with Gasteiger partial charge in [-0.05, 0) is 24.7 Å². The monoisotopic (exact) mass is 501 g/mol. The molecular weight excluding hydrogens is 434 g/mol. The van der Waals surface area contributed by atoms with Gasteiger partial charge in [0.05, 0.1) is 0 Å². The SMILES string of the molecule is CCCCCCCCCCC(CCCCCCC)(CCCCCCCCCC)CC[n+]1ccccc1. The molecule has 36 heavy (non-hydrogen) atoms. The Labute approximate surface area is 228 Å². The maximum Gasteiger partial charge on any atom is 0.168 e. The van der Waals surface area contributed by atoms with Crippen LogP contribution < -0.4 is 4.57 Å². The minimum Gasteiger partial charge on any atom is -0.205 e. The molecule has 1 heteroatoms. The van der Waals surface area contributed by atoms with Gasteiger partial charge in [-0.25, -0.2) is 4.57 Å². The highest BCUT2D eigenvalue weighted by molar-refractivity contribution is 4.84. The normalized spacial score (nSPS) is 11.9. The van der Waals surface area contributed by atoms with Crippen molar-refractivity contribution in [3.8, 4) is 0 Å². The van der Waals surface area contributed by atoms with Crippen molar-refractivity contribution in [3.63, 3.8) is 0 Å². The summed E-state index contributed by atoms with van der Waals surface area (Å²) in [5.74, 6) is 0. The zero-order chi connectivity index (χ0) is 26.0. The second kappa shape index (κ2) is 24.5. The lowest BCUT2D eigenvalue weighted by Crippen LogP contribution is -2.36. The molecule has 1 heterocycles. The first-order valence-electron chi connectivity index (χ1n) is 16.7. The highest BCUT2D eigenvalue weighted by Crippen LogP contribution is 2.41. The number of hydrogen-bond donors (Lipinski definition) is 0. The highest BCUT2D eigenvalue weighted by Gasteiger charge is 2.30. The Balaban J connectivity index is 2.63. The summed E-state index contributed by atoms with van der Waals surface area (Å²) in [6, 6.07) is 6.55. The van der Waals surface area contributed by atoms with E-state index in [2.05, 4.69) is 55.9 Å². The van der Waals surface area contributed by atoms with E-state index < -0.39 is 0 Å². The van der Waals surface area contributed by atoms with E-state index >= 15 is 0 Å². The van der Waals surface area contributed by atoms with Gasteiger partial charge in [0.2, 0.25) is 0 Å². The van der Waals surface area contributed by atoms with Crippen molar-refractivity contribution in [2.75, 3.05) is 0 Å². The molecule has 0 saturated heterocycles. The quantitative estimate of drug-likeness (QED) is 0.0835. The van der Waals surface area contributed by atoms with E-state index in [-0.39, 0.29) is 0 Å². The molecule has 1 rings (SSSR count). The van der Waals surface area contributed by atoms with Gasteiger partial charge in [0.25, 0.3) is 0 Å². The van der Waals surface area contributed by atoms with Crippen molar-refractivity contribution in [2.24, 2.45) is 5.41 Å². The molecule has 0 aliphatic heterocycles. The zero-order valence-electron chi connectivity index (χ0n) is 25.2. The number of rotatable bonds is 27. The van der Waals surface area contributed by atoms with Gasteiger partial charge < -0.3 is 0 Å². The van der Waals surface area contributed by atoms with E-state index in [9.17, 15) is 0 Å². The van der Waals surface area contributed by atoms with Crippen molar-refractivity contribution in [2.45, 2.75) is 188 Å². The van der Waals surface area contributed by atoms with Gasteiger partial charge in [0, 0.05) is 18.6 Å². The Bertz CT molecular complexity index is 531. The van der Waals surface area contributed by atoms with Gasteiger partial charge in [0.15, 0.2) is 12.4 Å². The third-order valence-corrected chi connectivity index (χ3v) is 8.61. The number of aromatic nitrogens is 1. The topological polar surface area (TPSA) is 3.88 Å². The predicted octanol–water partition coefficient (Wildman–Crippen LogP) is 11.8. The summed E-state index contributed by atoms with van der Waals surface area (Å²) in [6.45, 7) is 8.18. The number of aryl methyl sites for hydroxylation is 1. The minimum absolute atomic E-state index is 0.569. The second-order valence-electron chi connectivity index (χ2n) is 12.0. The summed E-state index contributed by atoms with van der Waals surface area (Å²) in [6.07, 6.45) is 40.5. The third kappa shape index (κ3) is 18.4. The molecule has 0 N–H and O–H groups in total. The van der Waals surface area contributed by atoms with Crippen LogP contribution in [0.25, 0.3) is 0 Å². The van der Waals surface area contributed by atoms with Crippen LogP contribution in [-0.4, -0.2) is 0 Å². The Kier molecular flexibility index (Phi) is 22.6. The average molecular weight is 501 g/mol. The molecule has 0 amide bonds. The number of hydrogen-bond acceptors (Lipinski definition) is 0. The summed E-state index contributed by atoms with van der Waals surface area (Å²) in [5, 5.41) is 0. The molecule has 0 aromatic carbocycles. The summed E-state index contributed by atoms with van der Waals surface area (Å²) in [7, 11) is 0. The van der Waals surface area contributed by atoms with E-state index in [4.69, 9.17) is 0 Å². The summed E-state index contributed by atoms with van der Waals surface area (Å²) >= 11 is 0. The lowest BCUT2D eigenvalue weighted by molar-refractivity contribution is -0.699. The van der Waals surface area contributed by atoms with Crippen LogP contribution in [0, 0.1) is 5.41 Å². The number of nitrogens with zero attached hydrogens (tertiary/aromatic N) is 1. The molecule has 0 radical (unpaired) electrons. The van der Waals surface area contributed by atoms with Crippen LogP contribution in [0.15, 0.2) is 30.6 Å². The summed E-state index contributed by atoms with van der Waals surface area (Å²) < 4.78 is 2.44. The maximum atomic E-state index is 2.44. The molecule has 0 spiro atoms. The van der Waals surface area contributed by atoms with E-state index in [0.717, 1.165) is 0 Å². The first kappa shape index (κ1) is 33.2. The molecule has 0 unspecified atom stereocenters. The lowest BCUT2D eigenvalue weighted by Gasteiger charge is -2.34. The predicted molar refractivity (Wildman–Crippen MR) is 162 cm³/mol. The zero-order valence-corrected chi connectivity index (χ0v) is 25.2. The number of unbranched alkanes of at least 4 members (excludes halogenated alkanes) is 18. The third-order valence-electron chi connectivity index (χ3n) is 8.61. The Morgan fingerprint density at radius 1 is 0.389 bits per heavy atom. The van der Waals surface area contributed by atoms with Crippen LogP contribution in [0.4, 0.5) is 0 Å². The fourth-order valence-corrected chi connectivity index (χ4v) is 6.07. The van der Waals surface area contributed by atoms with Crippen molar-refractivity contribution in [1.29, 1.82) is 0 Å². The average Bonchev–Trinajstić information content (AvgIpc) is 2.91. The van der Waals surface area contributed by atoms with Gasteiger partial charge >= 0.3 is 0 Å². The summed E-state index contributed by atoms with van der Waals surface area (Å²) in [5.41, 5.74) is 0.569. The molecule has 210 valence electrons. The lowest BCUT2D eigenvalue weighted by atomic mass is 9.71. The van der Waals surface area contributed by atoms with Crippen LogP contribution in [0.1, 0.15) is 181 Å². The standard InChI is InChI=1S/C35H66N/c1-4-7-10-13-15-17-20-24-29-35(28-23-19-12-9-6-3,31-34-36-32-26-22-27-33-36)30-25-21-18-16-14-11-8-5-2/h22,26-27,32-33H,4-21,23-25,28-31,34H2,1-3H3/q+1. The molecule has 0 saturated carbocycles.